The van der Waals surface area contributed by atoms with Crippen LogP contribution in [0, 0.1) is 11.3 Å². The number of carbonyl (C=O) groups excluding carboxylic acids is 2. The number of methoxy groups -OCH3 is 1. The number of primary amides is 1. The van der Waals surface area contributed by atoms with Crippen LogP contribution in [0.3, 0.4) is 0 Å². The summed E-state index contributed by atoms with van der Waals surface area (Å²) in [6.07, 6.45) is 3.79. The summed E-state index contributed by atoms with van der Waals surface area (Å²) in [5.74, 6) is 0.798. The Labute approximate surface area is 176 Å². The summed E-state index contributed by atoms with van der Waals surface area (Å²) in [5.41, 5.74) is 8.50. The standard InChI is InChI=1S/C23H30N2O3S/c1-23(2,3)15-8-11-17-18(13-15)29-22(20(17)21(24)27)25-19(26)12-7-14-5-9-16(28-4)10-6-14/h5-6,9-10,15H,7-8,11-13H2,1-4H3,(H2,24,27)(H,25,26). The number of aryl methyl sites for hydroxylation is 1. The molecule has 0 spiro atoms. The number of anilines is 1. The van der Waals surface area contributed by atoms with Gasteiger partial charge in [-0.3, -0.25) is 9.59 Å². The van der Waals surface area contributed by atoms with E-state index in [0.717, 1.165) is 36.1 Å². The molecule has 29 heavy (non-hydrogen) atoms. The lowest BCUT2D eigenvalue weighted by molar-refractivity contribution is -0.116. The molecular formula is C23H30N2O3S. The smallest absolute Gasteiger partial charge is 0.251 e. The molecule has 1 aromatic carbocycles. The molecule has 1 atom stereocenters. The first kappa shape index (κ1) is 21.4. The van der Waals surface area contributed by atoms with Crippen molar-refractivity contribution in [1.82, 2.24) is 0 Å². The van der Waals surface area contributed by atoms with Gasteiger partial charge in [-0.05, 0) is 60.3 Å². The van der Waals surface area contributed by atoms with Crippen molar-refractivity contribution in [2.24, 2.45) is 17.1 Å². The topological polar surface area (TPSA) is 81.4 Å². The van der Waals surface area contributed by atoms with Crippen molar-refractivity contribution in [3.8, 4) is 5.75 Å². The minimum Gasteiger partial charge on any atom is -0.497 e. The molecule has 1 unspecified atom stereocenters. The fraction of sp³-hybridized carbons (Fsp3) is 0.478. The Morgan fingerprint density at radius 1 is 1.24 bits per heavy atom. The summed E-state index contributed by atoms with van der Waals surface area (Å²) in [4.78, 5) is 25.8. The number of hydrogen-bond acceptors (Lipinski definition) is 4. The lowest BCUT2D eigenvalue weighted by Crippen LogP contribution is -2.27. The lowest BCUT2D eigenvalue weighted by Gasteiger charge is -2.33. The average Bonchev–Trinajstić information content (AvgIpc) is 3.03. The van der Waals surface area contributed by atoms with Gasteiger partial charge in [0.1, 0.15) is 10.8 Å². The van der Waals surface area contributed by atoms with Crippen LogP contribution in [0.2, 0.25) is 0 Å². The highest BCUT2D eigenvalue weighted by Crippen LogP contribution is 2.44. The van der Waals surface area contributed by atoms with Crippen LogP contribution in [-0.4, -0.2) is 18.9 Å². The number of fused-ring (bicyclic) bond motifs is 1. The SMILES string of the molecule is COc1ccc(CCC(=O)Nc2sc3c(c2C(N)=O)CCC(C(C)(C)C)C3)cc1. The molecule has 2 amide bonds. The largest absolute Gasteiger partial charge is 0.497 e. The molecule has 0 fully saturated rings. The molecule has 0 radical (unpaired) electrons. The third-order valence-corrected chi connectivity index (χ3v) is 6.96. The summed E-state index contributed by atoms with van der Waals surface area (Å²) in [6, 6.07) is 7.68. The van der Waals surface area contributed by atoms with Crippen molar-refractivity contribution in [2.45, 2.75) is 52.9 Å². The number of rotatable bonds is 6. The first-order valence-electron chi connectivity index (χ1n) is 10.1. The van der Waals surface area contributed by atoms with Crippen molar-refractivity contribution in [2.75, 3.05) is 12.4 Å². The van der Waals surface area contributed by atoms with Gasteiger partial charge in [0.05, 0.1) is 12.7 Å². The molecule has 156 valence electrons. The van der Waals surface area contributed by atoms with Crippen molar-refractivity contribution >= 4 is 28.2 Å². The molecule has 0 saturated heterocycles. The normalized spacial score (nSPS) is 16.2. The van der Waals surface area contributed by atoms with Gasteiger partial charge in [-0.1, -0.05) is 32.9 Å². The summed E-state index contributed by atoms with van der Waals surface area (Å²) in [6.45, 7) is 6.77. The summed E-state index contributed by atoms with van der Waals surface area (Å²) in [7, 11) is 1.63. The van der Waals surface area contributed by atoms with Crippen molar-refractivity contribution in [3.63, 3.8) is 0 Å². The van der Waals surface area contributed by atoms with Crippen LogP contribution in [0.1, 0.15) is 60.0 Å². The number of benzene rings is 1. The van der Waals surface area contributed by atoms with Crippen LogP contribution in [0.4, 0.5) is 5.00 Å². The zero-order valence-electron chi connectivity index (χ0n) is 17.6. The van der Waals surface area contributed by atoms with Crippen molar-refractivity contribution in [1.29, 1.82) is 0 Å². The van der Waals surface area contributed by atoms with Crippen LogP contribution in [0.25, 0.3) is 0 Å². The Kier molecular flexibility index (Phi) is 6.32. The third-order valence-electron chi connectivity index (χ3n) is 5.79. The Morgan fingerprint density at radius 3 is 2.52 bits per heavy atom. The summed E-state index contributed by atoms with van der Waals surface area (Å²) < 4.78 is 5.16. The van der Waals surface area contributed by atoms with Gasteiger partial charge >= 0.3 is 0 Å². The van der Waals surface area contributed by atoms with E-state index in [0.29, 0.717) is 29.3 Å². The first-order chi connectivity index (χ1) is 13.7. The molecule has 3 N–H and O–H groups in total. The van der Waals surface area contributed by atoms with Gasteiger partial charge in [0.15, 0.2) is 0 Å². The monoisotopic (exact) mass is 414 g/mol. The van der Waals surface area contributed by atoms with Crippen molar-refractivity contribution < 1.29 is 14.3 Å². The van der Waals surface area contributed by atoms with Gasteiger partial charge in [-0.15, -0.1) is 11.3 Å². The zero-order valence-corrected chi connectivity index (χ0v) is 18.4. The number of amides is 2. The molecule has 2 aromatic rings. The predicted molar refractivity (Wildman–Crippen MR) is 118 cm³/mol. The number of ether oxygens (including phenoxy) is 1. The molecule has 5 nitrogen and oxygen atoms in total. The van der Waals surface area contributed by atoms with E-state index in [9.17, 15) is 9.59 Å². The van der Waals surface area contributed by atoms with E-state index in [2.05, 4.69) is 26.1 Å². The molecule has 6 heteroatoms. The van der Waals surface area contributed by atoms with Gasteiger partial charge < -0.3 is 15.8 Å². The molecule has 1 aromatic heterocycles. The second-order valence-electron chi connectivity index (χ2n) is 8.77. The summed E-state index contributed by atoms with van der Waals surface area (Å²) >= 11 is 1.52. The predicted octanol–water partition coefficient (Wildman–Crippen LogP) is 4.58. The van der Waals surface area contributed by atoms with Crippen LogP contribution >= 0.6 is 11.3 Å². The zero-order chi connectivity index (χ0) is 21.2. The molecule has 0 aliphatic heterocycles. The number of carbonyl (C=O) groups is 2. The number of hydrogen-bond donors (Lipinski definition) is 2. The number of nitrogens with one attached hydrogen (secondary N) is 1. The Hall–Kier alpha value is -2.34. The third kappa shape index (κ3) is 4.99. The summed E-state index contributed by atoms with van der Waals surface area (Å²) in [5, 5.41) is 3.56. The molecule has 0 bridgehead atoms. The lowest BCUT2D eigenvalue weighted by atomic mass is 9.72. The maximum absolute atomic E-state index is 12.5. The highest BCUT2D eigenvalue weighted by atomic mass is 32.1. The fourth-order valence-corrected chi connectivity index (χ4v) is 5.26. The first-order valence-corrected chi connectivity index (χ1v) is 10.9. The van der Waals surface area contributed by atoms with Gasteiger partial charge in [0.2, 0.25) is 5.91 Å². The molecular weight excluding hydrogens is 384 g/mol. The minimum atomic E-state index is -0.456. The van der Waals surface area contributed by atoms with Crippen LogP contribution < -0.4 is 15.8 Å². The maximum atomic E-state index is 12.5. The highest BCUT2D eigenvalue weighted by Gasteiger charge is 2.33. The van der Waals surface area contributed by atoms with Crippen LogP contribution in [-0.2, 0) is 24.1 Å². The Balaban J connectivity index is 1.70. The van der Waals surface area contributed by atoms with Crippen LogP contribution in [0.15, 0.2) is 24.3 Å². The fourth-order valence-electron chi connectivity index (χ4n) is 3.91. The van der Waals surface area contributed by atoms with E-state index in [1.165, 1.54) is 16.2 Å². The molecule has 3 rings (SSSR count). The highest BCUT2D eigenvalue weighted by molar-refractivity contribution is 7.17. The second-order valence-corrected chi connectivity index (χ2v) is 9.88. The average molecular weight is 415 g/mol. The molecule has 0 saturated carbocycles. The Morgan fingerprint density at radius 2 is 1.93 bits per heavy atom. The molecule has 1 aliphatic rings. The van der Waals surface area contributed by atoms with Gasteiger partial charge in [-0.2, -0.15) is 0 Å². The van der Waals surface area contributed by atoms with Gasteiger partial charge in [-0.25, -0.2) is 0 Å². The molecule has 1 heterocycles. The number of thiophene rings is 1. The minimum absolute atomic E-state index is 0.103. The van der Waals surface area contributed by atoms with E-state index >= 15 is 0 Å². The second kappa shape index (κ2) is 8.57. The van der Waals surface area contributed by atoms with E-state index in [-0.39, 0.29) is 11.3 Å². The maximum Gasteiger partial charge on any atom is 0.251 e. The number of nitrogens with two attached hydrogens (primary N) is 1. The quantitative estimate of drug-likeness (QED) is 0.726. The van der Waals surface area contributed by atoms with Crippen molar-refractivity contribution in [3.05, 3.63) is 45.8 Å². The molecule has 1 aliphatic carbocycles. The van der Waals surface area contributed by atoms with Crippen LogP contribution in [0.5, 0.6) is 5.75 Å². The van der Waals surface area contributed by atoms with E-state index in [1.807, 2.05) is 24.3 Å². The van der Waals surface area contributed by atoms with E-state index in [1.54, 1.807) is 7.11 Å². The Bertz CT molecular complexity index is 894. The van der Waals surface area contributed by atoms with E-state index < -0.39 is 5.91 Å². The van der Waals surface area contributed by atoms with Gasteiger partial charge in [0.25, 0.3) is 5.91 Å². The van der Waals surface area contributed by atoms with E-state index in [4.69, 9.17) is 10.5 Å². The van der Waals surface area contributed by atoms with Gasteiger partial charge in [0, 0.05) is 11.3 Å².